The molecule has 1 aliphatic rings. The van der Waals surface area contributed by atoms with E-state index in [2.05, 4.69) is 43.6 Å². The molecule has 29 heavy (non-hydrogen) atoms. The van der Waals surface area contributed by atoms with Gasteiger partial charge in [0.1, 0.15) is 5.75 Å². The highest BCUT2D eigenvalue weighted by Crippen LogP contribution is 2.18. The number of nitrogens with one attached hydrogen (secondary N) is 3. The minimum Gasteiger partial charge on any atom is -0.484 e. The number of aliphatic imine (C=N–C) groups is 1. The number of nitrogens with zero attached hydrogens (tertiary/aromatic N) is 1. The Balaban J connectivity index is 1.73. The van der Waals surface area contributed by atoms with Gasteiger partial charge in [-0.05, 0) is 69.6 Å². The Labute approximate surface area is 175 Å². The third kappa shape index (κ3) is 10.2. The van der Waals surface area contributed by atoms with Crippen LogP contribution in [0, 0.1) is 5.92 Å². The van der Waals surface area contributed by atoms with Gasteiger partial charge in [-0.2, -0.15) is 0 Å². The Hall–Kier alpha value is -2.24. The molecule has 0 aromatic heterocycles. The van der Waals surface area contributed by atoms with Gasteiger partial charge in [-0.3, -0.25) is 9.79 Å². The maximum atomic E-state index is 11.7. The zero-order valence-corrected chi connectivity index (χ0v) is 18.5. The number of carbonyl (C=O) groups is 1. The van der Waals surface area contributed by atoms with Crippen LogP contribution in [0.25, 0.3) is 0 Å². The molecule has 0 aliphatic heterocycles. The maximum absolute atomic E-state index is 11.7. The highest BCUT2D eigenvalue weighted by Gasteiger charge is 2.23. The Morgan fingerprint density at radius 2 is 1.90 bits per heavy atom. The summed E-state index contributed by atoms with van der Waals surface area (Å²) < 4.78 is 5.55. The first-order valence-electron chi connectivity index (χ1n) is 11.0. The van der Waals surface area contributed by atoms with E-state index < -0.39 is 0 Å². The number of amides is 1. The van der Waals surface area contributed by atoms with Crippen molar-refractivity contribution >= 4 is 11.9 Å². The van der Waals surface area contributed by atoms with Crippen LogP contribution >= 0.6 is 0 Å². The lowest BCUT2D eigenvalue weighted by atomic mass is 10.0. The van der Waals surface area contributed by atoms with Crippen LogP contribution in [-0.2, 0) is 11.2 Å². The number of hydrogen-bond acceptors (Lipinski definition) is 3. The molecule has 3 N–H and O–H groups in total. The molecule has 2 rings (SSSR count). The molecule has 0 saturated heterocycles. The molecule has 1 fully saturated rings. The average molecular weight is 403 g/mol. The second kappa shape index (κ2) is 12.3. The summed E-state index contributed by atoms with van der Waals surface area (Å²) in [6, 6.07) is 8.68. The van der Waals surface area contributed by atoms with Gasteiger partial charge in [0, 0.05) is 25.2 Å². The molecule has 0 radical (unpaired) electrons. The van der Waals surface area contributed by atoms with Crippen molar-refractivity contribution in [3.8, 4) is 5.75 Å². The summed E-state index contributed by atoms with van der Waals surface area (Å²) in [7, 11) is 0. The molecule has 6 heteroatoms. The van der Waals surface area contributed by atoms with Crippen LogP contribution in [0.5, 0.6) is 5.75 Å². The van der Waals surface area contributed by atoms with Crippen LogP contribution in [0.3, 0.4) is 0 Å². The van der Waals surface area contributed by atoms with E-state index in [4.69, 9.17) is 9.73 Å². The number of guanidine groups is 1. The van der Waals surface area contributed by atoms with E-state index in [0.29, 0.717) is 12.1 Å². The molecule has 1 atom stereocenters. The van der Waals surface area contributed by atoms with Crippen LogP contribution in [0.1, 0.15) is 58.9 Å². The Bertz CT molecular complexity index is 639. The molecule has 1 aromatic rings. The summed E-state index contributed by atoms with van der Waals surface area (Å²) in [4.78, 5) is 16.4. The molecule has 1 aromatic carbocycles. The lowest BCUT2D eigenvalue weighted by Crippen LogP contribution is -2.42. The molecular formula is C23H38N4O2. The first-order chi connectivity index (χ1) is 14.0. The fourth-order valence-electron chi connectivity index (χ4n) is 2.90. The van der Waals surface area contributed by atoms with Gasteiger partial charge in [0.2, 0.25) is 0 Å². The standard InChI is InChI=1S/C23H38N4O2/c1-5-24-23(26-18(4)7-6-17(2)3)25-15-14-19-8-12-21(13-9-19)29-16-22(28)27-20-10-11-20/h8-9,12-13,17-18,20H,5-7,10-11,14-16H2,1-4H3,(H,27,28)(H2,24,25,26). The van der Waals surface area contributed by atoms with E-state index in [1.807, 2.05) is 24.3 Å². The highest BCUT2D eigenvalue weighted by atomic mass is 16.5. The number of benzene rings is 1. The van der Waals surface area contributed by atoms with E-state index >= 15 is 0 Å². The van der Waals surface area contributed by atoms with Crippen LogP contribution in [-0.4, -0.2) is 43.6 Å². The minimum atomic E-state index is -0.0445. The monoisotopic (exact) mass is 402 g/mol. The minimum absolute atomic E-state index is 0.0445. The maximum Gasteiger partial charge on any atom is 0.258 e. The van der Waals surface area contributed by atoms with E-state index in [9.17, 15) is 4.79 Å². The summed E-state index contributed by atoms with van der Waals surface area (Å²) in [5.74, 6) is 2.28. The highest BCUT2D eigenvalue weighted by molar-refractivity contribution is 5.80. The predicted octanol–water partition coefficient (Wildman–Crippen LogP) is 3.27. The Kier molecular flexibility index (Phi) is 9.81. The van der Waals surface area contributed by atoms with E-state index in [1.54, 1.807) is 0 Å². The van der Waals surface area contributed by atoms with Crippen molar-refractivity contribution in [2.24, 2.45) is 10.9 Å². The number of ether oxygens (including phenoxy) is 1. The smallest absolute Gasteiger partial charge is 0.258 e. The van der Waals surface area contributed by atoms with Gasteiger partial charge in [0.05, 0.1) is 0 Å². The van der Waals surface area contributed by atoms with Gasteiger partial charge in [0.25, 0.3) is 5.91 Å². The number of rotatable bonds is 12. The molecule has 1 saturated carbocycles. The van der Waals surface area contributed by atoms with E-state index in [0.717, 1.165) is 56.4 Å². The van der Waals surface area contributed by atoms with Crippen molar-refractivity contribution < 1.29 is 9.53 Å². The second-order valence-electron chi connectivity index (χ2n) is 8.30. The average Bonchev–Trinajstić information content (AvgIpc) is 3.50. The van der Waals surface area contributed by atoms with Crippen molar-refractivity contribution in [1.82, 2.24) is 16.0 Å². The fraction of sp³-hybridized carbons (Fsp3) is 0.652. The summed E-state index contributed by atoms with van der Waals surface area (Å²) in [6.45, 7) is 10.4. The van der Waals surface area contributed by atoms with Gasteiger partial charge < -0.3 is 20.7 Å². The predicted molar refractivity (Wildman–Crippen MR) is 119 cm³/mol. The largest absolute Gasteiger partial charge is 0.484 e. The van der Waals surface area contributed by atoms with Gasteiger partial charge in [-0.15, -0.1) is 0 Å². The van der Waals surface area contributed by atoms with Crippen LogP contribution in [0.2, 0.25) is 0 Å². The summed E-state index contributed by atoms with van der Waals surface area (Å²) in [6.07, 6.45) is 5.39. The van der Waals surface area contributed by atoms with Crippen molar-refractivity contribution in [1.29, 1.82) is 0 Å². The number of hydrogen-bond donors (Lipinski definition) is 3. The molecule has 0 spiro atoms. The third-order valence-corrected chi connectivity index (χ3v) is 4.81. The summed E-state index contributed by atoms with van der Waals surface area (Å²) in [5, 5.41) is 9.74. The summed E-state index contributed by atoms with van der Waals surface area (Å²) >= 11 is 0. The van der Waals surface area contributed by atoms with Gasteiger partial charge in [-0.25, -0.2) is 0 Å². The quantitative estimate of drug-likeness (QED) is 0.371. The van der Waals surface area contributed by atoms with Crippen LogP contribution in [0.4, 0.5) is 0 Å². The van der Waals surface area contributed by atoms with Crippen molar-refractivity contribution in [3.05, 3.63) is 29.8 Å². The molecule has 1 aliphatic carbocycles. The molecular weight excluding hydrogens is 364 g/mol. The third-order valence-electron chi connectivity index (χ3n) is 4.81. The Morgan fingerprint density at radius 3 is 2.52 bits per heavy atom. The molecule has 1 unspecified atom stereocenters. The fourth-order valence-corrected chi connectivity index (χ4v) is 2.90. The molecule has 1 amide bonds. The second-order valence-corrected chi connectivity index (χ2v) is 8.30. The van der Waals surface area contributed by atoms with Gasteiger partial charge in [-0.1, -0.05) is 26.0 Å². The number of carbonyl (C=O) groups excluding carboxylic acids is 1. The zero-order chi connectivity index (χ0) is 21.1. The Morgan fingerprint density at radius 1 is 1.17 bits per heavy atom. The zero-order valence-electron chi connectivity index (χ0n) is 18.5. The van der Waals surface area contributed by atoms with Crippen molar-refractivity contribution in [2.45, 2.75) is 71.9 Å². The van der Waals surface area contributed by atoms with Crippen LogP contribution < -0.4 is 20.7 Å². The first-order valence-corrected chi connectivity index (χ1v) is 11.0. The van der Waals surface area contributed by atoms with Gasteiger partial charge in [0.15, 0.2) is 12.6 Å². The molecule has 0 bridgehead atoms. The molecule has 162 valence electrons. The van der Waals surface area contributed by atoms with Crippen molar-refractivity contribution in [2.75, 3.05) is 19.7 Å². The first kappa shape index (κ1) is 23.0. The summed E-state index contributed by atoms with van der Waals surface area (Å²) in [5.41, 5.74) is 1.20. The van der Waals surface area contributed by atoms with Gasteiger partial charge >= 0.3 is 0 Å². The van der Waals surface area contributed by atoms with E-state index in [-0.39, 0.29) is 12.5 Å². The van der Waals surface area contributed by atoms with Crippen molar-refractivity contribution in [3.63, 3.8) is 0 Å². The normalized spacial score (nSPS) is 15.1. The van der Waals surface area contributed by atoms with Crippen LogP contribution in [0.15, 0.2) is 29.3 Å². The molecule has 6 nitrogen and oxygen atoms in total. The molecule has 0 heterocycles. The van der Waals surface area contributed by atoms with E-state index in [1.165, 1.54) is 12.0 Å². The lowest BCUT2D eigenvalue weighted by Gasteiger charge is -2.18. The SMILES string of the molecule is CCNC(=NCCc1ccc(OCC(=O)NC2CC2)cc1)NC(C)CCC(C)C. The lowest BCUT2D eigenvalue weighted by molar-refractivity contribution is -0.123. The topological polar surface area (TPSA) is 74.8 Å².